The molecule has 2 aromatic rings. The Kier molecular flexibility index (Phi) is 7.90. The molecule has 0 unspecified atom stereocenters. The van der Waals surface area contributed by atoms with Gasteiger partial charge in [0.05, 0.1) is 13.7 Å². The van der Waals surface area contributed by atoms with Gasteiger partial charge in [0.25, 0.3) is 0 Å². The summed E-state index contributed by atoms with van der Waals surface area (Å²) in [4.78, 5) is 16.3. The van der Waals surface area contributed by atoms with Crippen LogP contribution in [0.2, 0.25) is 0 Å². The number of aromatic nitrogens is 1. The van der Waals surface area contributed by atoms with Crippen LogP contribution in [0.25, 0.3) is 0 Å². The zero-order chi connectivity index (χ0) is 21.3. The van der Waals surface area contributed by atoms with Crippen molar-refractivity contribution in [3.8, 4) is 5.75 Å². The molecule has 1 aliphatic rings. The van der Waals surface area contributed by atoms with Crippen molar-refractivity contribution in [2.45, 2.75) is 20.0 Å². The predicted molar refractivity (Wildman–Crippen MR) is 123 cm³/mol. The number of methoxy groups -OCH3 is 1. The van der Waals surface area contributed by atoms with Gasteiger partial charge in [0, 0.05) is 58.1 Å². The number of nitrogens with zero attached hydrogens (tertiary/aromatic N) is 5. The Bertz CT molecular complexity index is 832. The molecule has 3 rings (SSSR count). The van der Waals surface area contributed by atoms with Gasteiger partial charge >= 0.3 is 0 Å². The smallest absolute Gasteiger partial charge is 0.194 e. The summed E-state index contributed by atoms with van der Waals surface area (Å²) in [6.07, 6.45) is 1.89. The summed E-state index contributed by atoms with van der Waals surface area (Å²) in [5.41, 5.74) is 2.30. The highest BCUT2D eigenvalue weighted by atomic mass is 16.5. The summed E-state index contributed by atoms with van der Waals surface area (Å²) in [6.45, 7) is 8.41. The molecule has 1 fully saturated rings. The second-order valence-corrected chi connectivity index (χ2v) is 7.65. The Morgan fingerprint density at radius 1 is 1.20 bits per heavy atom. The molecule has 1 aromatic heterocycles. The summed E-state index contributed by atoms with van der Waals surface area (Å²) in [7, 11) is 5.93. The van der Waals surface area contributed by atoms with Crippen LogP contribution < -0.4 is 15.0 Å². The number of anilines is 1. The number of pyridine rings is 1. The SMILES string of the molecule is CCNC(=NCc1ccnc(N2CCN(C)CC2)c1)N(C)Cc1ccccc1OC. The van der Waals surface area contributed by atoms with Crippen LogP contribution in [0.1, 0.15) is 18.1 Å². The van der Waals surface area contributed by atoms with Gasteiger partial charge in [-0.2, -0.15) is 0 Å². The lowest BCUT2D eigenvalue weighted by Crippen LogP contribution is -2.44. The summed E-state index contributed by atoms with van der Waals surface area (Å²) >= 11 is 0. The molecule has 30 heavy (non-hydrogen) atoms. The van der Waals surface area contributed by atoms with E-state index >= 15 is 0 Å². The molecule has 162 valence electrons. The van der Waals surface area contributed by atoms with E-state index < -0.39 is 0 Å². The first-order chi connectivity index (χ1) is 14.6. The van der Waals surface area contributed by atoms with Gasteiger partial charge in [-0.05, 0) is 37.7 Å². The maximum absolute atomic E-state index is 5.49. The summed E-state index contributed by atoms with van der Waals surface area (Å²) in [5, 5.41) is 3.40. The molecule has 1 N–H and O–H groups in total. The van der Waals surface area contributed by atoms with Gasteiger partial charge in [-0.15, -0.1) is 0 Å². The molecule has 2 heterocycles. The molecule has 7 heteroatoms. The number of nitrogens with one attached hydrogen (secondary N) is 1. The fraction of sp³-hybridized carbons (Fsp3) is 0.478. The number of guanidine groups is 1. The second kappa shape index (κ2) is 10.8. The maximum atomic E-state index is 5.49. The highest BCUT2D eigenvalue weighted by Gasteiger charge is 2.15. The quantitative estimate of drug-likeness (QED) is 0.559. The Hall–Kier alpha value is -2.80. The minimum absolute atomic E-state index is 0.613. The average Bonchev–Trinajstić information content (AvgIpc) is 2.77. The molecule has 0 bridgehead atoms. The van der Waals surface area contributed by atoms with E-state index in [1.54, 1.807) is 7.11 Å². The molecular formula is C23H34N6O. The molecule has 0 saturated carbocycles. The van der Waals surface area contributed by atoms with Gasteiger partial charge in [0.15, 0.2) is 5.96 Å². The van der Waals surface area contributed by atoms with E-state index in [0.717, 1.165) is 62.4 Å². The number of aliphatic imine (C=N–C) groups is 1. The number of hydrogen-bond acceptors (Lipinski definition) is 5. The first kappa shape index (κ1) is 21.9. The van der Waals surface area contributed by atoms with Crippen molar-refractivity contribution in [1.29, 1.82) is 0 Å². The van der Waals surface area contributed by atoms with Crippen molar-refractivity contribution in [3.63, 3.8) is 0 Å². The molecule has 0 atom stereocenters. The van der Waals surface area contributed by atoms with Gasteiger partial charge in [0.1, 0.15) is 11.6 Å². The lowest BCUT2D eigenvalue weighted by Gasteiger charge is -2.33. The molecular weight excluding hydrogens is 376 g/mol. The number of piperazine rings is 1. The van der Waals surface area contributed by atoms with Crippen molar-refractivity contribution >= 4 is 11.8 Å². The average molecular weight is 411 g/mol. The minimum atomic E-state index is 0.613. The van der Waals surface area contributed by atoms with Gasteiger partial charge in [0.2, 0.25) is 0 Å². The zero-order valence-corrected chi connectivity index (χ0v) is 18.6. The van der Waals surface area contributed by atoms with Crippen LogP contribution in [0.15, 0.2) is 47.6 Å². The Balaban J connectivity index is 1.69. The Morgan fingerprint density at radius 3 is 2.70 bits per heavy atom. The number of likely N-dealkylation sites (N-methyl/N-ethyl adjacent to an activating group) is 1. The number of para-hydroxylation sites is 1. The van der Waals surface area contributed by atoms with Crippen LogP contribution >= 0.6 is 0 Å². The number of hydrogen-bond donors (Lipinski definition) is 1. The van der Waals surface area contributed by atoms with Crippen LogP contribution in [-0.4, -0.2) is 74.7 Å². The summed E-state index contributed by atoms with van der Waals surface area (Å²) < 4.78 is 5.49. The van der Waals surface area contributed by atoms with Crippen LogP contribution in [0.4, 0.5) is 5.82 Å². The Labute approximate surface area is 180 Å². The molecule has 0 amide bonds. The standard InChI is InChI=1S/C23H34N6O/c1-5-24-23(28(3)18-20-8-6-7-9-21(20)30-4)26-17-19-10-11-25-22(16-19)29-14-12-27(2)13-15-29/h6-11,16H,5,12-15,17-18H2,1-4H3,(H,24,26). The van der Waals surface area contributed by atoms with E-state index in [4.69, 9.17) is 9.73 Å². The van der Waals surface area contributed by atoms with Crippen LogP contribution in [0, 0.1) is 0 Å². The molecule has 0 aliphatic carbocycles. The third-order valence-corrected chi connectivity index (χ3v) is 5.35. The molecule has 7 nitrogen and oxygen atoms in total. The minimum Gasteiger partial charge on any atom is -0.496 e. The fourth-order valence-electron chi connectivity index (χ4n) is 3.57. The monoisotopic (exact) mass is 410 g/mol. The highest BCUT2D eigenvalue weighted by Crippen LogP contribution is 2.19. The number of ether oxygens (including phenoxy) is 1. The van der Waals surface area contributed by atoms with Crippen LogP contribution in [-0.2, 0) is 13.1 Å². The van der Waals surface area contributed by atoms with E-state index in [1.807, 2.05) is 30.5 Å². The predicted octanol–water partition coefficient (Wildman–Crippen LogP) is 2.44. The van der Waals surface area contributed by atoms with E-state index in [0.29, 0.717) is 6.54 Å². The Morgan fingerprint density at radius 2 is 1.97 bits per heavy atom. The van der Waals surface area contributed by atoms with E-state index in [9.17, 15) is 0 Å². The molecule has 1 aliphatic heterocycles. The van der Waals surface area contributed by atoms with Crippen molar-refractivity contribution in [3.05, 3.63) is 53.7 Å². The van der Waals surface area contributed by atoms with Crippen molar-refractivity contribution < 1.29 is 4.74 Å². The lowest BCUT2D eigenvalue weighted by molar-refractivity contribution is 0.312. The van der Waals surface area contributed by atoms with Crippen LogP contribution in [0.5, 0.6) is 5.75 Å². The fourth-order valence-corrected chi connectivity index (χ4v) is 3.57. The van der Waals surface area contributed by atoms with Crippen molar-refractivity contribution in [2.75, 3.05) is 58.8 Å². The zero-order valence-electron chi connectivity index (χ0n) is 18.6. The summed E-state index contributed by atoms with van der Waals surface area (Å²) in [6, 6.07) is 12.3. The highest BCUT2D eigenvalue weighted by molar-refractivity contribution is 5.79. The topological polar surface area (TPSA) is 56.2 Å². The molecule has 0 spiro atoms. The molecule has 1 aromatic carbocycles. The van der Waals surface area contributed by atoms with Gasteiger partial charge < -0.3 is 24.8 Å². The second-order valence-electron chi connectivity index (χ2n) is 7.65. The van der Waals surface area contributed by atoms with Gasteiger partial charge in [-0.1, -0.05) is 18.2 Å². The first-order valence-corrected chi connectivity index (χ1v) is 10.6. The van der Waals surface area contributed by atoms with Gasteiger partial charge in [-0.25, -0.2) is 9.98 Å². The van der Waals surface area contributed by atoms with E-state index in [-0.39, 0.29) is 0 Å². The van der Waals surface area contributed by atoms with E-state index in [1.165, 1.54) is 5.56 Å². The largest absolute Gasteiger partial charge is 0.496 e. The van der Waals surface area contributed by atoms with Crippen molar-refractivity contribution in [2.24, 2.45) is 4.99 Å². The third kappa shape index (κ3) is 5.86. The first-order valence-electron chi connectivity index (χ1n) is 10.6. The normalized spacial score (nSPS) is 15.2. The number of rotatable bonds is 7. The molecule has 0 radical (unpaired) electrons. The number of benzene rings is 1. The van der Waals surface area contributed by atoms with Crippen LogP contribution in [0.3, 0.4) is 0 Å². The maximum Gasteiger partial charge on any atom is 0.194 e. The van der Waals surface area contributed by atoms with E-state index in [2.05, 4.69) is 58.2 Å². The van der Waals surface area contributed by atoms with Crippen molar-refractivity contribution in [1.82, 2.24) is 20.1 Å². The third-order valence-electron chi connectivity index (χ3n) is 5.35. The lowest BCUT2D eigenvalue weighted by atomic mass is 10.2. The molecule has 1 saturated heterocycles. The summed E-state index contributed by atoms with van der Waals surface area (Å²) in [5.74, 6) is 2.82. The van der Waals surface area contributed by atoms with Gasteiger partial charge in [-0.3, -0.25) is 0 Å².